The van der Waals surface area contributed by atoms with E-state index in [2.05, 4.69) is 4.98 Å². The fourth-order valence-electron chi connectivity index (χ4n) is 1.39. The van der Waals surface area contributed by atoms with Gasteiger partial charge in [-0.1, -0.05) is 36.5 Å². The van der Waals surface area contributed by atoms with Gasteiger partial charge in [0, 0.05) is 23.5 Å². The van der Waals surface area contributed by atoms with E-state index in [1.54, 1.807) is 6.20 Å². The van der Waals surface area contributed by atoms with Crippen LogP contribution in [0.15, 0.2) is 48.8 Å². The first-order valence-electron chi connectivity index (χ1n) is 4.57. The van der Waals surface area contributed by atoms with Crippen LogP contribution in [-0.4, -0.2) is 9.97 Å². The summed E-state index contributed by atoms with van der Waals surface area (Å²) in [7, 11) is 0. The van der Waals surface area contributed by atoms with Crippen LogP contribution in [0.1, 0.15) is 5.56 Å². The lowest BCUT2D eigenvalue weighted by Crippen LogP contribution is -2.08. The molecule has 0 amide bonds. The first kappa shape index (κ1) is 9.80. The number of benzene rings is 1. The molecule has 1 aromatic heterocycles. The highest BCUT2D eigenvalue weighted by atomic mass is 32.1. The lowest BCUT2D eigenvalue weighted by atomic mass is 10.1. The minimum Gasteiger partial charge on any atom is -0.389 e. The van der Waals surface area contributed by atoms with Crippen LogP contribution in [0, 0.1) is 0 Å². The van der Waals surface area contributed by atoms with Gasteiger partial charge < -0.3 is 5.73 Å². The van der Waals surface area contributed by atoms with Gasteiger partial charge >= 0.3 is 0 Å². The molecule has 0 aliphatic heterocycles. The number of nitrogens with two attached hydrogens (primary N) is 1. The van der Waals surface area contributed by atoms with Gasteiger partial charge in [0.15, 0.2) is 0 Å². The summed E-state index contributed by atoms with van der Waals surface area (Å²) >= 11 is 4.93. The van der Waals surface area contributed by atoms with Crippen molar-refractivity contribution in [1.82, 2.24) is 4.98 Å². The van der Waals surface area contributed by atoms with Crippen molar-refractivity contribution in [2.75, 3.05) is 0 Å². The average Bonchev–Trinajstić information content (AvgIpc) is 2.30. The second-order valence-electron chi connectivity index (χ2n) is 3.19. The van der Waals surface area contributed by atoms with Gasteiger partial charge in [-0.25, -0.2) is 0 Å². The zero-order valence-corrected chi connectivity index (χ0v) is 8.87. The number of hydrogen-bond acceptors (Lipinski definition) is 2. The molecule has 0 atom stereocenters. The molecule has 0 saturated carbocycles. The maximum Gasteiger partial charge on any atom is 0.104 e. The van der Waals surface area contributed by atoms with Crippen LogP contribution >= 0.6 is 12.2 Å². The van der Waals surface area contributed by atoms with E-state index >= 15 is 0 Å². The first-order chi connectivity index (χ1) is 7.27. The van der Waals surface area contributed by atoms with Gasteiger partial charge in [-0.3, -0.25) is 4.98 Å². The van der Waals surface area contributed by atoms with Crippen molar-refractivity contribution in [3.05, 3.63) is 54.4 Å². The number of nitrogens with zero attached hydrogens (tertiary/aromatic N) is 1. The zero-order chi connectivity index (χ0) is 10.7. The van der Waals surface area contributed by atoms with Gasteiger partial charge in [-0.05, 0) is 17.7 Å². The zero-order valence-electron chi connectivity index (χ0n) is 8.05. The van der Waals surface area contributed by atoms with Gasteiger partial charge in [-0.2, -0.15) is 0 Å². The van der Waals surface area contributed by atoms with E-state index in [1.165, 1.54) is 0 Å². The Kier molecular flexibility index (Phi) is 2.74. The lowest BCUT2D eigenvalue weighted by molar-refractivity contribution is 1.33. The molecule has 1 aromatic carbocycles. The average molecular weight is 214 g/mol. The Morgan fingerprint density at radius 3 is 2.60 bits per heavy atom. The normalized spacial score (nSPS) is 9.87. The maximum absolute atomic E-state index is 5.58. The molecule has 0 unspecified atom stereocenters. The number of aromatic nitrogens is 1. The third-order valence-corrected chi connectivity index (χ3v) is 2.38. The topological polar surface area (TPSA) is 38.9 Å². The molecule has 3 heteroatoms. The lowest BCUT2D eigenvalue weighted by Gasteiger charge is -2.03. The number of pyridine rings is 1. The highest BCUT2D eigenvalue weighted by molar-refractivity contribution is 7.80. The predicted molar refractivity (Wildman–Crippen MR) is 65.6 cm³/mol. The second-order valence-corrected chi connectivity index (χ2v) is 3.63. The summed E-state index contributed by atoms with van der Waals surface area (Å²) in [5.41, 5.74) is 8.60. The molecule has 0 radical (unpaired) electrons. The van der Waals surface area contributed by atoms with Crippen molar-refractivity contribution in [2.45, 2.75) is 0 Å². The Balaban J connectivity index is 2.46. The van der Waals surface area contributed by atoms with Crippen molar-refractivity contribution < 1.29 is 0 Å². The van der Waals surface area contributed by atoms with E-state index in [0.717, 1.165) is 16.7 Å². The monoisotopic (exact) mass is 214 g/mol. The Hall–Kier alpha value is -1.74. The highest BCUT2D eigenvalue weighted by Gasteiger charge is 2.00. The van der Waals surface area contributed by atoms with Gasteiger partial charge in [-0.15, -0.1) is 0 Å². The summed E-state index contributed by atoms with van der Waals surface area (Å²) in [5, 5.41) is 0. The maximum atomic E-state index is 5.58. The molecule has 1 heterocycles. The van der Waals surface area contributed by atoms with Crippen LogP contribution in [0.25, 0.3) is 11.1 Å². The van der Waals surface area contributed by atoms with Crippen LogP contribution in [0.4, 0.5) is 0 Å². The molecule has 74 valence electrons. The minimum absolute atomic E-state index is 0.417. The fourth-order valence-corrected chi connectivity index (χ4v) is 1.51. The summed E-state index contributed by atoms with van der Waals surface area (Å²) in [6.07, 6.45) is 3.57. The molecule has 0 saturated heterocycles. The van der Waals surface area contributed by atoms with E-state index < -0.39 is 0 Å². The Morgan fingerprint density at radius 1 is 1.13 bits per heavy atom. The van der Waals surface area contributed by atoms with Gasteiger partial charge in [0.2, 0.25) is 0 Å². The summed E-state index contributed by atoms with van der Waals surface area (Å²) in [6, 6.07) is 11.7. The van der Waals surface area contributed by atoms with Crippen LogP contribution in [0.5, 0.6) is 0 Å². The number of hydrogen-bond donors (Lipinski definition) is 1. The quantitative estimate of drug-likeness (QED) is 0.780. The third kappa shape index (κ3) is 2.19. The smallest absolute Gasteiger partial charge is 0.104 e. The SMILES string of the molecule is NC(=S)c1cccc(-c2cccnc2)c1. The van der Waals surface area contributed by atoms with E-state index in [1.807, 2.05) is 42.6 Å². The van der Waals surface area contributed by atoms with Crippen molar-refractivity contribution in [3.8, 4) is 11.1 Å². The van der Waals surface area contributed by atoms with Crippen LogP contribution in [0.3, 0.4) is 0 Å². The Bertz CT molecular complexity index is 480. The molecule has 0 aliphatic carbocycles. The van der Waals surface area contributed by atoms with E-state index in [9.17, 15) is 0 Å². The molecule has 2 rings (SSSR count). The van der Waals surface area contributed by atoms with Crippen LogP contribution < -0.4 is 5.73 Å². The third-order valence-electron chi connectivity index (χ3n) is 2.14. The molecule has 2 aromatic rings. The molecular weight excluding hydrogens is 204 g/mol. The van der Waals surface area contributed by atoms with Gasteiger partial charge in [0.05, 0.1) is 0 Å². The highest BCUT2D eigenvalue weighted by Crippen LogP contribution is 2.18. The van der Waals surface area contributed by atoms with Crippen molar-refractivity contribution >= 4 is 17.2 Å². The van der Waals surface area contributed by atoms with E-state index in [-0.39, 0.29) is 0 Å². The van der Waals surface area contributed by atoms with E-state index in [4.69, 9.17) is 18.0 Å². The van der Waals surface area contributed by atoms with Crippen molar-refractivity contribution in [1.29, 1.82) is 0 Å². The van der Waals surface area contributed by atoms with Crippen LogP contribution in [0.2, 0.25) is 0 Å². The first-order valence-corrected chi connectivity index (χ1v) is 4.98. The fraction of sp³-hybridized carbons (Fsp3) is 0. The summed E-state index contributed by atoms with van der Waals surface area (Å²) in [5.74, 6) is 0. The molecule has 0 spiro atoms. The molecule has 15 heavy (non-hydrogen) atoms. The molecular formula is C12H10N2S. The summed E-state index contributed by atoms with van der Waals surface area (Å²) in [6.45, 7) is 0. The summed E-state index contributed by atoms with van der Waals surface area (Å²) in [4.78, 5) is 4.49. The Morgan fingerprint density at radius 2 is 1.93 bits per heavy atom. The standard InChI is InChI=1S/C12H10N2S/c13-12(15)10-4-1-3-9(7-10)11-5-2-6-14-8-11/h1-8H,(H2,13,15). The van der Waals surface area contributed by atoms with Gasteiger partial charge in [0.1, 0.15) is 4.99 Å². The minimum atomic E-state index is 0.417. The molecule has 0 fully saturated rings. The summed E-state index contributed by atoms with van der Waals surface area (Å²) < 4.78 is 0. The Labute approximate surface area is 93.8 Å². The number of thiocarbonyl (C=S) groups is 1. The molecule has 0 bridgehead atoms. The molecule has 2 N–H and O–H groups in total. The van der Waals surface area contributed by atoms with E-state index in [0.29, 0.717) is 4.99 Å². The molecule has 2 nitrogen and oxygen atoms in total. The second kappa shape index (κ2) is 4.19. The van der Waals surface area contributed by atoms with Crippen LogP contribution in [-0.2, 0) is 0 Å². The van der Waals surface area contributed by atoms with Crippen molar-refractivity contribution in [2.24, 2.45) is 5.73 Å². The largest absolute Gasteiger partial charge is 0.389 e. The molecule has 0 aliphatic rings. The van der Waals surface area contributed by atoms with Crippen molar-refractivity contribution in [3.63, 3.8) is 0 Å². The predicted octanol–water partition coefficient (Wildman–Crippen LogP) is 2.38. The van der Waals surface area contributed by atoms with Gasteiger partial charge in [0.25, 0.3) is 0 Å². The number of rotatable bonds is 2.